The molecule has 0 aliphatic rings. The number of hydrogen-bond donors (Lipinski definition) is 0. The fourth-order valence-electron chi connectivity index (χ4n) is 1.07. The highest BCUT2D eigenvalue weighted by Crippen LogP contribution is 2.18. The average molecular weight is 232 g/mol. The molecule has 0 unspecified atom stereocenters. The van der Waals surface area contributed by atoms with Gasteiger partial charge in [-0.3, -0.25) is 4.79 Å². The van der Waals surface area contributed by atoms with Gasteiger partial charge in [-0.1, -0.05) is 6.58 Å². The monoisotopic (exact) mass is 232 g/mol. The van der Waals surface area contributed by atoms with Crippen LogP contribution in [-0.2, 0) is 18.1 Å². The largest absolute Gasteiger partial charge is 0.508 e. The molecule has 0 aromatic rings. The molecule has 0 heterocycles. The van der Waals surface area contributed by atoms with Crippen molar-refractivity contribution in [1.29, 1.82) is 0 Å². The van der Waals surface area contributed by atoms with Crippen LogP contribution >= 0.6 is 0 Å². The third-order valence-corrected chi connectivity index (χ3v) is 4.72. The zero-order valence-corrected chi connectivity index (χ0v) is 11.1. The van der Waals surface area contributed by atoms with E-state index in [4.69, 9.17) is 13.3 Å². The molecule has 0 aromatic heterocycles. The summed E-state index contributed by atoms with van der Waals surface area (Å²) < 4.78 is 16.1. The zero-order valence-electron chi connectivity index (χ0n) is 10.1. The Morgan fingerprint density at radius 3 is 2.07 bits per heavy atom. The molecule has 0 aromatic carbocycles. The Kier molecular flexibility index (Phi) is 5.97. The highest BCUT2D eigenvalue weighted by Gasteiger charge is 2.42. The first-order chi connectivity index (χ1) is 6.87. The summed E-state index contributed by atoms with van der Waals surface area (Å²) >= 11 is 0. The van der Waals surface area contributed by atoms with Gasteiger partial charge in [0.2, 0.25) is 0 Å². The number of allylic oxidation sites excluding steroid dienone is 1. The Balaban J connectivity index is 4.63. The van der Waals surface area contributed by atoms with E-state index in [0.717, 1.165) is 0 Å². The number of ketones is 1. The predicted molar refractivity (Wildman–Crippen MR) is 60.6 cm³/mol. The molecule has 0 fully saturated rings. The molecule has 4 nitrogen and oxygen atoms in total. The van der Waals surface area contributed by atoms with E-state index in [1.165, 1.54) is 14.2 Å². The minimum Gasteiger partial charge on any atom is -0.377 e. The quantitative estimate of drug-likeness (QED) is 0.496. The molecule has 0 atom stereocenters. The van der Waals surface area contributed by atoms with Gasteiger partial charge in [0.05, 0.1) is 6.04 Å². The van der Waals surface area contributed by atoms with Crippen LogP contribution in [0.3, 0.4) is 0 Å². The lowest BCUT2D eigenvalue weighted by Crippen LogP contribution is -2.47. The predicted octanol–water partition coefficient (Wildman–Crippen LogP) is 1.79. The van der Waals surface area contributed by atoms with Crippen LogP contribution in [0, 0.1) is 0 Å². The minimum absolute atomic E-state index is 0.0329. The molecule has 0 rings (SSSR count). The second-order valence-electron chi connectivity index (χ2n) is 3.64. The van der Waals surface area contributed by atoms with E-state index in [2.05, 4.69) is 6.58 Å². The normalized spacial score (nSPS) is 11.9. The van der Waals surface area contributed by atoms with Gasteiger partial charge in [0.15, 0.2) is 5.78 Å². The highest BCUT2D eigenvalue weighted by molar-refractivity contribution is 6.64. The van der Waals surface area contributed by atoms with Crippen molar-refractivity contribution >= 4 is 14.6 Å². The molecular weight excluding hydrogens is 212 g/mol. The summed E-state index contributed by atoms with van der Waals surface area (Å²) in [4.78, 5) is 11.6. The maximum Gasteiger partial charge on any atom is 0.508 e. The lowest BCUT2D eigenvalue weighted by atomic mass is 10.2. The van der Waals surface area contributed by atoms with Crippen LogP contribution in [0.4, 0.5) is 0 Å². The van der Waals surface area contributed by atoms with Crippen LogP contribution in [0.5, 0.6) is 0 Å². The molecular formula is C10H20O4Si. The molecule has 0 bridgehead atoms. The third kappa shape index (κ3) is 4.70. The van der Waals surface area contributed by atoms with E-state index in [9.17, 15) is 4.79 Å². The number of carbonyl (C=O) groups excluding carboxylic acids is 1. The van der Waals surface area contributed by atoms with Gasteiger partial charge in [0.25, 0.3) is 0 Å². The van der Waals surface area contributed by atoms with Crippen molar-refractivity contribution in [3.05, 3.63) is 12.2 Å². The van der Waals surface area contributed by atoms with Gasteiger partial charge in [0.1, 0.15) is 0 Å². The molecule has 0 saturated carbocycles. The van der Waals surface area contributed by atoms with Crippen LogP contribution in [0.2, 0.25) is 6.04 Å². The van der Waals surface area contributed by atoms with Crippen molar-refractivity contribution in [3.8, 4) is 0 Å². The van der Waals surface area contributed by atoms with E-state index in [1.54, 1.807) is 6.92 Å². The van der Waals surface area contributed by atoms with E-state index in [1.807, 2.05) is 13.8 Å². The summed E-state index contributed by atoms with van der Waals surface area (Å²) in [7, 11) is 0.165. The summed E-state index contributed by atoms with van der Waals surface area (Å²) in [5.41, 5.74) is 0.494. The molecule has 0 amide bonds. The molecule has 0 spiro atoms. The SMILES string of the molecule is C=C(C)C(=O)C[Si](OC)(OC)OC(C)C. The summed E-state index contributed by atoms with van der Waals surface area (Å²) in [6.07, 6.45) is -0.0329. The summed E-state index contributed by atoms with van der Waals surface area (Å²) in [5.74, 6) is -0.0778. The van der Waals surface area contributed by atoms with Crippen molar-refractivity contribution in [2.75, 3.05) is 14.2 Å². The van der Waals surface area contributed by atoms with Gasteiger partial charge >= 0.3 is 8.80 Å². The van der Waals surface area contributed by atoms with E-state index < -0.39 is 8.80 Å². The lowest BCUT2D eigenvalue weighted by molar-refractivity contribution is -0.114. The Hall–Kier alpha value is -0.493. The number of hydrogen-bond acceptors (Lipinski definition) is 4. The Morgan fingerprint density at radius 1 is 1.33 bits per heavy atom. The fourth-order valence-corrected chi connectivity index (χ4v) is 3.22. The van der Waals surface area contributed by atoms with Crippen molar-refractivity contribution in [3.63, 3.8) is 0 Å². The van der Waals surface area contributed by atoms with Gasteiger partial charge in [-0.2, -0.15) is 0 Å². The molecule has 0 N–H and O–H groups in total. The fraction of sp³-hybridized carbons (Fsp3) is 0.700. The molecule has 5 heteroatoms. The van der Waals surface area contributed by atoms with Gasteiger partial charge in [-0.05, 0) is 26.3 Å². The van der Waals surface area contributed by atoms with Gasteiger partial charge in [-0.25, -0.2) is 0 Å². The minimum atomic E-state index is -2.84. The van der Waals surface area contributed by atoms with Gasteiger partial charge < -0.3 is 13.3 Å². The smallest absolute Gasteiger partial charge is 0.377 e. The second kappa shape index (κ2) is 6.17. The first kappa shape index (κ1) is 14.5. The zero-order chi connectivity index (χ0) is 12.1. The first-order valence-corrected chi connectivity index (χ1v) is 6.77. The van der Waals surface area contributed by atoms with Crippen molar-refractivity contribution < 1.29 is 18.1 Å². The van der Waals surface area contributed by atoms with Crippen LogP contribution in [-0.4, -0.2) is 34.9 Å². The second-order valence-corrected chi connectivity index (χ2v) is 6.41. The van der Waals surface area contributed by atoms with Gasteiger partial charge in [0, 0.05) is 20.3 Å². The summed E-state index contributed by atoms with van der Waals surface area (Å²) in [6.45, 7) is 9.02. The first-order valence-electron chi connectivity index (χ1n) is 4.83. The number of rotatable bonds is 7. The summed E-state index contributed by atoms with van der Waals surface area (Å²) in [5, 5.41) is 0. The number of Topliss-reactive ketones (excluding diaryl/α,β-unsaturated/α-hetero) is 1. The number of carbonyl (C=O) groups is 1. The van der Waals surface area contributed by atoms with Crippen molar-refractivity contribution in [1.82, 2.24) is 0 Å². The van der Waals surface area contributed by atoms with Gasteiger partial charge in [-0.15, -0.1) is 0 Å². The molecule has 0 aliphatic carbocycles. The van der Waals surface area contributed by atoms with Crippen molar-refractivity contribution in [2.45, 2.75) is 32.9 Å². The molecule has 0 aliphatic heterocycles. The Bertz CT molecular complexity index is 234. The maximum absolute atomic E-state index is 11.6. The van der Waals surface area contributed by atoms with Crippen LogP contribution in [0.15, 0.2) is 12.2 Å². The maximum atomic E-state index is 11.6. The highest BCUT2D eigenvalue weighted by atomic mass is 28.4. The molecule has 0 radical (unpaired) electrons. The topological polar surface area (TPSA) is 44.8 Å². The van der Waals surface area contributed by atoms with E-state index in [0.29, 0.717) is 5.57 Å². The molecule has 88 valence electrons. The van der Waals surface area contributed by atoms with E-state index in [-0.39, 0.29) is 17.9 Å². The Labute approximate surface area is 92.6 Å². The molecule has 0 saturated heterocycles. The van der Waals surface area contributed by atoms with Crippen LogP contribution in [0.25, 0.3) is 0 Å². The van der Waals surface area contributed by atoms with Crippen molar-refractivity contribution in [2.24, 2.45) is 0 Å². The third-order valence-electron chi connectivity index (χ3n) is 1.89. The van der Waals surface area contributed by atoms with Crippen LogP contribution in [0.1, 0.15) is 20.8 Å². The van der Waals surface area contributed by atoms with Crippen LogP contribution < -0.4 is 0 Å². The standard InChI is InChI=1S/C10H20O4Si/c1-8(2)10(11)7-15(12-5,13-6)14-9(3)4/h9H,1,7H2,2-6H3. The lowest BCUT2D eigenvalue weighted by Gasteiger charge is -2.27. The van der Waals surface area contributed by atoms with E-state index >= 15 is 0 Å². The summed E-state index contributed by atoms with van der Waals surface area (Å²) in [6, 6.07) is 0.146. The Morgan fingerprint density at radius 2 is 1.80 bits per heavy atom. The molecule has 15 heavy (non-hydrogen) atoms. The average Bonchev–Trinajstić information content (AvgIpc) is 2.15.